The van der Waals surface area contributed by atoms with Crippen LogP contribution in [0, 0.1) is 16.7 Å². The van der Waals surface area contributed by atoms with Crippen LogP contribution in [0.5, 0.6) is 0 Å². The minimum Gasteiger partial charge on any atom is -0.325 e. The SMILES string of the molecule is C=C[C@](C)(CCCCCC)[C@@]1(CC#N)C(=O)Nc2ccccc21. The number of carbonyl (C=O) groups is 1. The van der Waals surface area contributed by atoms with Crippen molar-refractivity contribution in [2.24, 2.45) is 5.41 Å². The molecule has 1 N–H and O–H groups in total. The van der Waals surface area contributed by atoms with Crippen molar-refractivity contribution < 1.29 is 4.79 Å². The highest BCUT2D eigenvalue weighted by Gasteiger charge is 2.56. The van der Waals surface area contributed by atoms with Gasteiger partial charge in [0.15, 0.2) is 0 Å². The van der Waals surface area contributed by atoms with Gasteiger partial charge in [-0.2, -0.15) is 5.26 Å². The van der Waals surface area contributed by atoms with Gasteiger partial charge in [0.1, 0.15) is 0 Å². The van der Waals surface area contributed by atoms with Crippen molar-refractivity contribution in [3.63, 3.8) is 0 Å². The van der Waals surface area contributed by atoms with E-state index in [2.05, 4.69) is 31.8 Å². The van der Waals surface area contributed by atoms with E-state index in [9.17, 15) is 10.1 Å². The number of carbonyl (C=O) groups excluding carboxylic acids is 1. The van der Waals surface area contributed by atoms with Gasteiger partial charge in [-0.05, 0) is 18.1 Å². The number of anilines is 1. The zero-order valence-corrected chi connectivity index (χ0v) is 14.2. The Morgan fingerprint density at radius 2 is 2.09 bits per heavy atom. The monoisotopic (exact) mass is 310 g/mol. The number of unbranched alkanes of at least 4 members (excludes halogenated alkanes) is 3. The van der Waals surface area contributed by atoms with Crippen LogP contribution in [-0.4, -0.2) is 5.91 Å². The third-order valence-electron chi connectivity index (χ3n) is 5.34. The third-order valence-corrected chi connectivity index (χ3v) is 5.34. The van der Waals surface area contributed by atoms with Crippen LogP contribution in [0.3, 0.4) is 0 Å². The van der Waals surface area contributed by atoms with Crippen LogP contribution >= 0.6 is 0 Å². The third kappa shape index (κ3) is 2.79. The molecule has 0 radical (unpaired) electrons. The van der Waals surface area contributed by atoms with E-state index >= 15 is 0 Å². The number of rotatable bonds is 8. The summed E-state index contributed by atoms with van der Waals surface area (Å²) in [5.41, 5.74) is 0.484. The maximum absolute atomic E-state index is 12.9. The zero-order chi connectivity index (χ0) is 16.9. The lowest BCUT2D eigenvalue weighted by molar-refractivity contribution is -0.124. The van der Waals surface area contributed by atoms with Crippen LogP contribution in [0.2, 0.25) is 0 Å². The van der Waals surface area contributed by atoms with Gasteiger partial charge in [-0.1, -0.05) is 63.8 Å². The summed E-state index contributed by atoms with van der Waals surface area (Å²) in [6.07, 6.45) is 7.48. The van der Waals surface area contributed by atoms with E-state index in [0.717, 1.165) is 30.5 Å². The Morgan fingerprint density at radius 1 is 1.35 bits per heavy atom. The Morgan fingerprint density at radius 3 is 2.74 bits per heavy atom. The molecule has 0 spiro atoms. The molecule has 122 valence electrons. The topological polar surface area (TPSA) is 52.9 Å². The van der Waals surface area contributed by atoms with Crippen molar-refractivity contribution in [3.8, 4) is 6.07 Å². The van der Waals surface area contributed by atoms with E-state index in [4.69, 9.17) is 0 Å². The molecule has 1 amide bonds. The second kappa shape index (κ2) is 7.00. The second-order valence-electron chi connectivity index (χ2n) is 6.67. The Balaban J connectivity index is 2.45. The molecule has 0 unspecified atom stereocenters. The molecule has 0 saturated carbocycles. The van der Waals surface area contributed by atoms with Gasteiger partial charge < -0.3 is 5.32 Å². The van der Waals surface area contributed by atoms with Crippen LogP contribution in [0.1, 0.15) is 57.9 Å². The number of benzene rings is 1. The number of para-hydroxylation sites is 1. The van der Waals surface area contributed by atoms with E-state index in [-0.39, 0.29) is 12.3 Å². The van der Waals surface area contributed by atoms with E-state index in [1.807, 2.05) is 30.3 Å². The van der Waals surface area contributed by atoms with Gasteiger partial charge in [0, 0.05) is 11.1 Å². The minimum absolute atomic E-state index is 0.0712. The van der Waals surface area contributed by atoms with Gasteiger partial charge in [0.2, 0.25) is 5.91 Å². The van der Waals surface area contributed by atoms with Crippen LogP contribution in [0.4, 0.5) is 5.69 Å². The fourth-order valence-electron chi connectivity index (χ4n) is 3.79. The highest BCUT2D eigenvalue weighted by atomic mass is 16.2. The molecule has 1 aromatic carbocycles. The molecule has 0 aliphatic carbocycles. The predicted molar refractivity (Wildman–Crippen MR) is 94.0 cm³/mol. The number of hydrogen-bond donors (Lipinski definition) is 1. The fraction of sp³-hybridized carbons (Fsp3) is 0.500. The molecule has 3 heteroatoms. The van der Waals surface area contributed by atoms with E-state index < -0.39 is 10.8 Å². The Hall–Kier alpha value is -2.08. The molecule has 23 heavy (non-hydrogen) atoms. The molecule has 1 aliphatic heterocycles. The first-order valence-corrected chi connectivity index (χ1v) is 8.47. The second-order valence-corrected chi connectivity index (χ2v) is 6.67. The van der Waals surface area contributed by atoms with Crippen LogP contribution < -0.4 is 5.32 Å². The first kappa shape index (κ1) is 17.3. The molecule has 1 aromatic rings. The summed E-state index contributed by atoms with van der Waals surface area (Å²) in [7, 11) is 0. The summed E-state index contributed by atoms with van der Waals surface area (Å²) < 4.78 is 0. The van der Waals surface area contributed by atoms with E-state index in [1.165, 1.54) is 12.8 Å². The zero-order valence-electron chi connectivity index (χ0n) is 14.2. The van der Waals surface area contributed by atoms with Crippen LogP contribution in [-0.2, 0) is 10.2 Å². The van der Waals surface area contributed by atoms with E-state index in [1.54, 1.807) is 0 Å². The first-order valence-electron chi connectivity index (χ1n) is 8.47. The number of amides is 1. The smallest absolute Gasteiger partial charge is 0.237 e. The number of nitrogens with one attached hydrogen (secondary N) is 1. The van der Waals surface area contributed by atoms with Crippen molar-refractivity contribution in [2.45, 2.75) is 57.8 Å². The summed E-state index contributed by atoms with van der Waals surface area (Å²) in [5, 5.41) is 12.4. The van der Waals surface area contributed by atoms with Gasteiger partial charge in [-0.15, -0.1) is 6.58 Å². The van der Waals surface area contributed by atoms with E-state index in [0.29, 0.717) is 0 Å². The standard InChI is InChI=1S/C20H26N2O/c1-4-6-7-10-13-19(3,5-2)20(14-15-21)16-11-8-9-12-17(16)22-18(20)23/h5,8-9,11-12H,2,4,6-7,10,13-14H2,1,3H3,(H,22,23)/t19-,20-/m1/s1. The summed E-state index contributed by atoms with van der Waals surface area (Å²) in [4.78, 5) is 12.9. The van der Waals surface area contributed by atoms with Gasteiger partial charge in [-0.3, -0.25) is 4.79 Å². The number of fused-ring (bicyclic) bond motifs is 1. The van der Waals surface area contributed by atoms with Gasteiger partial charge in [-0.25, -0.2) is 0 Å². The lowest BCUT2D eigenvalue weighted by Crippen LogP contribution is -2.48. The highest BCUT2D eigenvalue weighted by molar-refractivity contribution is 6.07. The lowest BCUT2D eigenvalue weighted by atomic mass is 9.58. The molecule has 0 fully saturated rings. The summed E-state index contributed by atoms with van der Waals surface area (Å²) in [6, 6.07) is 9.98. The fourth-order valence-corrected chi connectivity index (χ4v) is 3.79. The summed E-state index contributed by atoms with van der Waals surface area (Å²) >= 11 is 0. The number of nitrogens with zero attached hydrogens (tertiary/aromatic N) is 1. The van der Waals surface area contributed by atoms with Crippen molar-refractivity contribution in [3.05, 3.63) is 42.5 Å². The van der Waals surface area contributed by atoms with Crippen molar-refractivity contribution in [1.82, 2.24) is 0 Å². The molecule has 2 atom stereocenters. The molecule has 0 bridgehead atoms. The molecule has 0 saturated heterocycles. The first-order chi connectivity index (χ1) is 11.1. The highest BCUT2D eigenvalue weighted by Crippen LogP contribution is 2.54. The minimum atomic E-state index is -0.841. The average Bonchev–Trinajstić information content (AvgIpc) is 2.85. The van der Waals surface area contributed by atoms with Gasteiger partial charge in [0.25, 0.3) is 0 Å². The quantitative estimate of drug-likeness (QED) is 0.545. The summed E-state index contributed by atoms with van der Waals surface area (Å²) in [5.74, 6) is -0.0712. The van der Waals surface area contributed by atoms with Crippen LogP contribution in [0.25, 0.3) is 0 Å². The number of hydrogen-bond acceptors (Lipinski definition) is 2. The number of nitriles is 1. The predicted octanol–water partition coefficient (Wildman–Crippen LogP) is 4.95. The Kier molecular flexibility index (Phi) is 5.26. The maximum atomic E-state index is 12.9. The molecule has 0 aromatic heterocycles. The van der Waals surface area contributed by atoms with Gasteiger partial charge in [0.05, 0.1) is 17.9 Å². The van der Waals surface area contributed by atoms with Gasteiger partial charge >= 0.3 is 0 Å². The van der Waals surface area contributed by atoms with Crippen molar-refractivity contribution in [1.29, 1.82) is 5.26 Å². The lowest BCUT2D eigenvalue weighted by Gasteiger charge is -2.42. The molecule has 3 nitrogen and oxygen atoms in total. The molecule has 1 aliphatic rings. The van der Waals surface area contributed by atoms with Crippen LogP contribution in [0.15, 0.2) is 36.9 Å². The average molecular weight is 310 g/mol. The largest absolute Gasteiger partial charge is 0.325 e. The molecule has 1 heterocycles. The number of allylic oxidation sites excluding steroid dienone is 1. The molecule has 2 rings (SSSR count). The Labute approximate surface area is 139 Å². The maximum Gasteiger partial charge on any atom is 0.237 e. The van der Waals surface area contributed by atoms with Crippen molar-refractivity contribution >= 4 is 11.6 Å². The Bertz CT molecular complexity index is 631. The molecular weight excluding hydrogens is 284 g/mol. The summed E-state index contributed by atoms with van der Waals surface area (Å²) in [6.45, 7) is 8.28. The molecular formula is C20H26N2O. The normalized spacial score (nSPS) is 21.9. The van der Waals surface area contributed by atoms with Crippen molar-refractivity contribution in [2.75, 3.05) is 5.32 Å².